The van der Waals surface area contributed by atoms with Gasteiger partial charge in [0, 0.05) is 25.8 Å². The van der Waals surface area contributed by atoms with Crippen molar-refractivity contribution in [3.8, 4) is 0 Å². The molecule has 0 saturated carbocycles. The summed E-state index contributed by atoms with van der Waals surface area (Å²) in [5.41, 5.74) is 5.83. The Morgan fingerprint density at radius 2 is 2.53 bits per heavy atom. The van der Waals surface area contributed by atoms with Crippen LogP contribution in [0.1, 0.15) is 24.2 Å². The molecule has 17 heavy (non-hydrogen) atoms. The normalized spacial score (nSPS) is 23.7. The van der Waals surface area contributed by atoms with Crippen LogP contribution in [-0.2, 0) is 4.74 Å². The number of nitrogens with one attached hydrogen (secondary N) is 1. The van der Waals surface area contributed by atoms with Crippen LogP contribution in [0.25, 0.3) is 0 Å². The van der Waals surface area contributed by atoms with Crippen LogP contribution in [-0.4, -0.2) is 52.3 Å². The van der Waals surface area contributed by atoms with Gasteiger partial charge in [0.15, 0.2) is 0 Å². The molecule has 0 aromatic carbocycles. The predicted octanol–water partition coefficient (Wildman–Crippen LogP) is -0.0120. The van der Waals surface area contributed by atoms with Crippen molar-refractivity contribution in [2.24, 2.45) is 5.73 Å². The maximum Gasteiger partial charge on any atom is 0.257 e. The Kier molecular flexibility index (Phi) is 3.17. The van der Waals surface area contributed by atoms with E-state index in [9.17, 15) is 4.79 Å². The van der Waals surface area contributed by atoms with Gasteiger partial charge in [-0.05, 0) is 13.8 Å². The highest BCUT2D eigenvalue weighted by Crippen LogP contribution is 2.21. The SMILES string of the molecule is CC1(C)CN(C(=O)c2cn[nH]c2)CC(CN)O1. The number of aromatic nitrogens is 2. The number of morpholine rings is 1. The van der Waals surface area contributed by atoms with Crippen LogP contribution < -0.4 is 5.73 Å². The molecule has 1 aliphatic rings. The van der Waals surface area contributed by atoms with Crippen molar-refractivity contribution in [3.63, 3.8) is 0 Å². The van der Waals surface area contributed by atoms with Gasteiger partial charge in [-0.15, -0.1) is 0 Å². The van der Waals surface area contributed by atoms with E-state index in [2.05, 4.69) is 10.2 Å². The van der Waals surface area contributed by atoms with Crippen molar-refractivity contribution in [1.29, 1.82) is 0 Å². The lowest BCUT2D eigenvalue weighted by Crippen LogP contribution is -2.56. The van der Waals surface area contributed by atoms with Gasteiger partial charge in [-0.2, -0.15) is 5.10 Å². The van der Waals surface area contributed by atoms with Crippen molar-refractivity contribution in [2.75, 3.05) is 19.6 Å². The standard InChI is InChI=1S/C11H18N4O2/c1-11(2)7-15(6-9(3-12)17-11)10(16)8-4-13-14-5-8/h4-5,9H,3,6-7,12H2,1-2H3,(H,13,14). The van der Waals surface area contributed by atoms with E-state index in [1.165, 1.54) is 6.20 Å². The smallest absolute Gasteiger partial charge is 0.257 e. The fourth-order valence-corrected chi connectivity index (χ4v) is 2.12. The van der Waals surface area contributed by atoms with Gasteiger partial charge in [0.1, 0.15) is 0 Å². The van der Waals surface area contributed by atoms with E-state index >= 15 is 0 Å². The minimum Gasteiger partial charge on any atom is -0.367 e. The van der Waals surface area contributed by atoms with Crippen LogP contribution in [0.15, 0.2) is 12.4 Å². The summed E-state index contributed by atoms with van der Waals surface area (Å²) in [6, 6.07) is 0. The Morgan fingerprint density at radius 1 is 1.76 bits per heavy atom. The van der Waals surface area contributed by atoms with E-state index in [1.807, 2.05) is 13.8 Å². The Labute approximate surface area is 100 Å². The summed E-state index contributed by atoms with van der Waals surface area (Å²) < 4.78 is 5.78. The van der Waals surface area contributed by atoms with E-state index in [-0.39, 0.29) is 17.6 Å². The number of H-pyrrole nitrogens is 1. The molecule has 6 heteroatoms. The third kappa shape index (κ3) is 2.65. The quantitative estimate of drug-likeness (QED) is 0.759. The Hall–Kier alpha value is -1.40. The zero-order chi connectivity index (χ0) is 12.5. The zero-order valence-electron chi connectivity index (χ0n) is 10.1. The lowest BCUT2D eigenvalue weighted by Gasteiger charge is -2.42. The molecule has 0 radical (unpaired) electrons. The topological polar surface area (TPSA) is 84.2 Å². The molecular formula is C11H18N4O2. The molecule has 2 rings (SSSR count). The summed E-state index contributed by atoms with van der Waals surface area (Å²) in [6.45, 7) is 5.44. The molecule has 0 aliphatic carbocycles. The van der Waals surface area contributed by atoms with Gasteiger partial charge in [0.05, 0.1) is 23.5 Å². The second kappa shape index (κ2) is 4.46. The number of hydrogen-bond donors (Lipinski definition) is 2. The van der Waals surface area contributed by atoms with Gasteiger partial charge in [0.2, 0.25) is 0 Å². The molecule has 1 aliphatic heterocycles. The van der Waals surface area contributed by atoms with Crippen molar-refractivity contribution in [1.82, 2.24) is 15.1 Å². The summed E-state index contributed by atoms with van der Waals surface area (Å²) in [5.74, 6) is -0.0337. The van der Waals surface area contributed by atoms with Gasteiger partial charge in [0.25, 0.3) is 5.91 Å². The number of amides is 1. The second-order valence-electron chi connectivity index (χ2n) is 4.91. The predicted molar refractivity (Wildman–Crippen MR) is 62.5 cm³/mol. The van der Waals surface area contributed by atoms with Crippen molar-refractivity contribution in [2.45, 2.75) is 25.6 Å². The first-order chi connectivity index (χ1) is 8.02. The summed E-state index contributed by atoms with van der Waals surface area (Å²) in [7, 11) is 0. The van der Waals surface area contributed by atoms with Crippen molar-refractivity contribution in [3.05, 3.63) is 18.0 Å². The summed E-state index contributed by atoms with van der Waals surface area (Å²) in [6.07, 6.45) is 3.03. The molecule has 1 saturated heterocycles. The molecule has 6 nitrogen and oxygen atoms in total. The fraction of sp³-hybridized carbons (Fsp3) is 0.636. The van der Waals surface area contributed by atoms with E-state index in [0.29, 0.717) is 25.2 Å². The highest BCUT2D eigenvalue weighted by molar-refractivity contribution is 5.93. The summed E-state index contributed by atoms with van der Waals surface area (Å²) >= 11 is 0. The Bertz CT molecular complexity index is 388. The van der Waals surface area contributed by atoms with E-state index in [1.54, 1.807) is 11.1 Å². The van der Waals surface area contributed by atoms with E-state index in [4.69, 9.17) is 10.5 Å². The molecule has 1 unspecified atom stereocenters. The van der Waals surface area contributed by atoms with Crippen LogP contribution in [0.2, 0.25) is 0 Å². The zero-order valence-corrected chi connectivity index (χ0v) is 10.1. The molecule has 3 N–H and O–H groups in total. The van der Waals surface area contributed by atoms with Gasteiger partial charge in [-0.3, -0.25) is 9.89 Å². The highest BCUT2D eigenvalue weighted by Gasteiger charge is 2.35. The second-order valence-corrected chi connectivity index (χ2v) is 4.91. The number of nitrogens with two attached hydrogens (primary N) is 1. The molecule has 1 aromatic heterocycles. The molecule has 1 aromatic rings. The van der Waals surface area contributed by atoms with Crippen LogP contribution >= 0.6 is 0 Å². The number of hydrogen-bond acceptors (Lipinski definition) is 4. The summed E-state index contributed by atoms with van der Waals surface area (Å²) in [5, 5.41) is 6.43. The van der Waals surface area contributed by atoms with Crippen LogP contribution in [0, 0.1) is 0 Å². The lowest BCUT2D eigenvalue weighted by atomic mass is 10.0. The Morgan fingerprint density at radius 3 is 3.12 bits per heavy atom. The largest absolute Gasteiger partial charge is 0.367 e. The Balaban J connectivity index is 2.12. The van der Waals surface area contributed by atoms with Crippen LogP contribution in [0.5, 0.6) is 0 Å². The monoisotopic (exact) mass is 238 g/mol. The number of rotatable bonds is 2. The van der Waals surface area contributed by atoms with Gasteiger partial charge >= 0.3 is 0 Å². The molecule has 1 atom stereocenters. The molecular weight excluding hydrogens is 220 g/mol. The van der Waals surface area contributed by atoms with Crippen LogP contribution in [0.3, 0.4) is 0 Å². The van der Waals surface area contributed by atoms with Gasteiger partial charge in [-0.1, -0.05) is 0 Å². The number of carbonyl (C=O) groups is 1. The highest BCUT2D eigenvalue weighted by atomic mass is 16.5. The molecule has 2 heterocycles. The minimum atomic E-state index is -0.359. The number of carbonyl (C=O) groups excluding carboxylic acids is 1. The third-order valence-corrected chi connectivity index (χ3v) is 2.78. The number of nitrogens with zero attached hydrogens (tertiary/aromatic N) is 2. The van der Waals surface area contributed by atoms with Gasteiger partial charge in [-0.25, -0.2) is 0 Å². The number of aromatic amines is 1. The minimum absolute atomic E-state index is 0.0337. The van der Waals surface area contributed by atoms with E-state index < -0.39 is 0 Å². The number of ether oxygens (including phenoxy) is 1. The lowest BCUT2D eigenvalue weighted by molar-refractivity contribution is -0.122. The first kappa shape index (κ1) is 12.1. The molecule has 1 fully saturated rings. The van der Waals surface area contributed by atoms with Crippen molar-refractivity contribution < 1.29 is 9.53 Å². The maximum atomic E-state index is 12.2. The summed E-state index contributed by atoms with van der Waals surface area (Å²) in [4.78, 5) is 13.9. The third-order valence-electron chi connectivity index (χ3n) is 2.78. The van der Waals surface area contributed by atoms with Gasteiger partial charge < -0.3 is 15.4 Å². The molecule has 1 amide bonds. The average Bonchev–Trinajstić information content (AvgIpc) is 2.79. The fourth-order valence-electron chi connectivity index (χ4n) is 2.12. The van der Waals surface area contributed by atoms with Crippen molar-refractivity contribution >= 4 is 5.91 Å². The van der Waals surface area contributed by atoms with E-state index in [0.717, 1.165) is 0 Å². The average molecular weight is 238 g/mol. The molecule has 94 valence electrons. The molecule has 0 bridgehead atoms. The first-order valence-corrected chi connectivity index (χ1v) is 5.68. The van der Waals surface area contributed by atoms with Crippen LogP contribution in [0.4, 0.5) is 0 Å². The molecule has 0 spiro atoms. The maximum absolute atomic E-state index is 12.2. The first-order valence-electron chi connectivity index (χ1n) is 5.68.